The molecule has 8 heteroatoms. The quantitative estimate of drug-likeness (QED) is 0.289. The van der Waals surface area contributed by atoms with Crippen molar-refractivity contribution in [2.75, 3.05) is 26.2 Å². The van der Waals surface area contributed by atoms with Crippen molar-refractivity contribution in [3.63, 3.8) is 0 Å². The lowest BCUT2D eigenvalue weighted by molar-refractivity contribution is -0.173. The first-order valence-electron chi connectivity index (χ1n) is 19.8. The summed E-state index contributed by atoms with van der Waals surface area (Å²) in [7, 11) is 0. The summed E-state index contributed by atoms with van der Waals surface area (Å²) in [5.41, 5.74) is 7.07. The number of nitrogens with one attached hydrogen (secondary N) is 1. The molecule has 2 saturated carbocycles. The number of likely N-dealkylation sites (tertiary alicyclic amines) is 2. The summed E-state index contributed by atoms with van der Waals surface area (Å²) in [6.07, 6.45) is 15.8. The Labute approximate surface area is 298 Å². The number of piperidine rings is 2. The average molecular weight is 684 g/mol. The SMILES string of the molecule is C#CC1Cc2c([nH]c3c2C[C@@]2(O)[C@H]4Cc5ccc(O)c6c5[C@@]2(CCN4CC2CC2)C3O6)[C@@H]2Oc3c(O)ccc4c3[C@@]23CCN(CC2CC2)[C@H](C4)C13. The molecule has 5 heterocycles. The molecule has 13 rings (SSSR count). The standard InChI is InChI=1S/C43H45N3O5/c1-2-23-15-26-27-18-43(49)31-17-25-8-10-30(48)38-34(25)42(43,12-14-46(31)20-22-5-6-22)40(51-38)36(27)44-35(26)39-41-11-13-45(19-21-3-4-21)28(32(23)41)16-24-7-9-29(47)37(50-39)33(24)41/h1,7-10,21-23,28,31-32,39-40,44,47-49H,3-6,11-20H2/t23?,28-,31-,32?,39+,40?,41+,42+,43-/m1/s1. The van der Waals surface area contributed by atoms with Crippen molar-refractivity contribution in [1.29, 1.82) is 0 Å². The Bertz CT molecular complexity index is 2140. The molecule has 262 valence electrons. The first kappa shape index (κ1) is 28.9. The number of rotatable bonds is 4. The Balaban J connectivity index is 1.03. The van der Waals surface area contributed by atoms with E-state index in [-0.39, 0.29) is 40.9 Å². The van der Waals surface area contributed by atoms with Crippen molar-refractivity contribution >= 4 is 0 Å². The van der Waals surface area contributed by atoms with Gasteiger partial charge in [-0.1, -0.05) is 12.1 Å². The Kier molecular flexibility index (Phi) is 5.16. The van der Waals surface area contributed by atoms with E-state index < -0.39 is 17.1 Å². The third-order valence-corrected chi connectivity index (χ3v) is 16.1. The number of aliphatic hydroxyl groups is 1. The number of benzene rings is 2. The van der Waals surface area contributed by atoms with E-state index in [2.05, 4.69) is 32.8 Å². The van der Waals surface area contributed by atoms with Crippen molar-refractivity contribution in [3.05, 3.63) is 69.0 Å². The van der Waals surface area contributed by atoms with E-state index in [0.29, 0.717) is 24.0 Å². The van der Waals surface area contributed by atoms with E-state index >= 15 is 0 Å². The van der Waals surface area contributed by atoms with E-state index in [1.165, 1.54) is 47.9 Å². The van der Waals surface area contributed by atoms with Gasteiger partial charge in [0, 0.05) is 60.0 Å². The molecule has 1 aromatic heterocycles. The normalized spacial score (nSPS) is 40.2. The number of phenolic OH excluding ortho intramolecular Hbond substituents is 2. The molecular formula is C43H45N3O5. The lowest BCUT2D eigenvalue weighted by Crippen LogP contribution is -2.74. The highest BCUT2D eigenvalue weighted by molar-refractivity contribution is 5.67. The number of nitrogens with zero attached hydrogens (tertiary/aromatic N) is 2. The van der Waals surface area contributed by atoms with Gasteiger partial charge in [-0.05, 0) is 117 Å². The summed E-state index contributed by atoms with van der Waals surface area (Å²) in [6, 6.07) is 8.13. The van der Waals surface area contributed by atoms with Gasteiger partial charge in [0.15, 0.2) is 29.1 Å². The molecule has 4 N–H and O–H groups in total. The van der Waals surface area contributed by atoms with Crippen molar-refractivity contribution in [2.45, 2.75) is 105 Å². The van der Waals surface area contributed by atoms with Crippen LogP contribution in [0.4, 0.5) is 0 Å². The van der Waals surface area contributed by atoms with Crippen molar-refractivity contribution < 1.29 is 24.8 Å². The van der Waals surface area contributed by atoms with Crippen LogP contribution >= 0.6 is 0 Å². The first-order valence-corrected chi connectivity index (χ1v) is 19.8. The molecule has 6 aliphatic carbocycles. The molecule has 51 heavy (non-hydrogen) atoms. The number of aromatic nitrogens is 1. The molecule has 0 amide bonds. The zero-order valence-electron chi connectivity index (χ0n) is 29.0. The zero-order chi connectivity index (χ0) is 33.8. The van der Waals surface area contributed by atoms with Crippen molar-refractivity contribution in [3.8, 4) is 35.3 Å². The van der Waals surface area contributed by atoms with Crippen LogP contribution in [0.2, 0.25) is 0 Å². The lowest BCUT2D eigenvalue weighted by Gasteiger charge is -2.63. The molecule has 3 aromatic rings. The predicted molar refractivity (Wildman–Crippen MR) is 188 cm³/mol. The predicted octanol–water partition coefficient (Wildman–Crippen LogP) is 4.96. The largest absolute Gasteiger partial charge is 0.504 e. The summed E-state index contributed by atoms with van der Waals surface area (Å²) in [4.78, 5) is 9.38. The Hall–Kier alpha value is -3.64. The highest BCUT2D eigenvalue weighted by Crippen LogP contribution is 2.72. The molecule has 3 unspecified atom stereocenters. The van der Waals surface area contributed by atoms with Crippen LogP contribution in [-0.4, -0.2) is 74.0 Å². The third-order valence-electron chi connectivity index (χ3n) is 16.1. The smallest absolute Gasteiger partial charge is 0.166 e. The molecule has 4 bridgehead atoms. The number of aromatic amines is 1. The van der Waals surface area contributed by atoms with Crippen LogP contribution < -0.4 is 9.47 Å². The van der Waals surface area contributed by atoms with Crippen molar-refractivity contribution in [2.24, 2.45) is 23.7 Å². The maximum absolute atomic E-state index is 13.6. The monoisotopic (exact) mass is 683 g/mol. The van der Waals surface area contributed by atoms with Gasteiger partial charge in [-0.25, -0.2) is 0 Å². The second kappa shape index (κ2) is 9.10. The van der Waals surface area contributed by atoms with E-state index in [1.807, 2.05) is 6.07 Å². The van der Waals surface area contributed by atoms with Crippen LogP contribution in [0.15, 0.2) is 24.3 Å². The zero-order valence-corrected chi connectivity index (χ0v) is 29.0. The minimum atomic E-state index is -1.06. The molecule has 0 radical (unpaired) electrons. The number of ether oxygens (including phenoxy) is 2. The fourth-order valence-corrected chi connectivity index (χ4v) is 13.8. The van der Waals surface area contributed by atoms with Crippen LogP contribution in [0, 0.1) is 36.0 Å². The number of H-pyrrole nitrogens is 1. The summed E-state index contributed by atoms with van der Waals surface area (Å²) in [5.74, 6) is 6.63. The fraction of sp³-hybridized carbons (Fsp3) is 0.581. The van der Waals surface area contributed by atoms with Gasteiger partial charge in [-0.3, -0.25) is 9.80 Å². The third kappa shape index (κ3) is 3.22. The Morgan fingerprint density at radius 3 is 2.22 bits per heavy atom. The van der Waals surface area contributed by atoms with Gasteiger partial charge in [0.1, 0.15) is 6.10 Å². The molecule has 4 fully saturated rings. The minimum Gasteiger partial charge on any atom is -0.504 e. The minimum absolute atomic E-state index is 0.0224. The topological polar surface area (TPSA) is 101 Å². The van der Waals surface area contributed by atoms with Gasteiger partial charge in [-0.15, -0.1) is 12.3 Å². The molecule has 8 nitrogen and oxygen atoms in total. The van der Waals surface area contributed by atoms with E-state index in [1.54, 1.807) is 6.07 Å². The summed E-state index contributed by atoms with van der Waals surface area (Å²) in [6.45, 7) is 4.10. The van der Waals surface area contributed by atoms with Crippen LogP contribution in [0.5, 0.6) is 23.0 Å². The van der Waals surface area contributed by atoms with Crippen LogP contribution in [-0.2, 0) is 36.5 Å². The molecule has 2 aromatic carbocycles. The van der Waals surface area contributed by atoms with Gasteiger partial charge in [0.2, 0.25) is 0 Å². The summed E-state index contributed by atoms with van der Waals surface area (Å²) in [5, 5.41) is 36.2. The lowest BCUT2D eigenvalue weighted by atomic mass is 9.49. The molecule has 2 saturated heterocycles. The summed E-state index contributed by atoms with van der Waals surface area (Å²) >= 11 is 0. The Morgan fingerprint density at radius 1 is 0.804 bits per heavy atom. The van der Waals surface area contributed by atoms with Crippen LogP contribution in [0.1, 0.15) is 95.5 Å². The van der Waals surface area contributed by atoms with Gasteiger partial charge < -0.3 is 29.8 Å². The van der Waals surface area contributed by atoms with Gasteiger partial charge in [-0.2, -0.15) is 0 Å². The number of terminal acetylenes is 1. The number of phenols is 2. The Morgan fingerprint density at radius 2 is 1.47 bits per heavy atom. The summed E-state index contributed by atoms with van der Waals surface area (Å²) < 4.78 is 14.1. The van der Waals surface area contributed by atoms with Crippen molar-refractivity contribution in [1.82, 2.24) is 14.8 Å². The first-order chi connectivity index (χ1) is 24.8. The van der Waals surface area contributed by atoms with Gasteiger partial charge in [0.05, 0.1) is 22.4 Å². The van der Waals surface area contributed by atoms with Gasteiger partial charge in [0.25, 0.3) is 0 Å². The molecule has 9 atom stereocenters. The average Bonchev–Trinajstić information content (AvgIpc) is 4.03. The van der Waals surface area contributed by atoms with Crippen LogP contribution in [0.3, 0.4) is 0 Å². The maximum Gasteiger partial charge on any atom is 0.166 e. The highest BCUT2D eigenvalue weighted by Gasteiger charge is 2.74. The molecular weight excluding hydrogens is 638 g/mol. The fourth-order valence-electron chi connectivity index (χ4n) is 13.8. The molecule has 10 aliphatic rings. The number of fused-ring (bicyclic) bond motifs is 5. The number of hydrogen-bond donors (Lipinski definition) is 4. The second-order valence-electron chi connectivity index (χ2n) is 18.3. The number of hydrogen-bond acceptors (Lipinski definition) is 7. The van der Waals surface area contributed by atoms with E-state index in [9.17, 15) is 15.3 Å². The van der Waals surface area contributed by atoms with E-state index in [0.717, 1.165) is 92.6 Å². The number of aromatic hydroxyl groups is 2. The molecule has 2 spiro atoms. The molecule has 4 aliphatic heterocycles. The second-order valence-corrected chi connectivity index (χ2v) is 18.3. The maximum atomic E-state index is 13.6. The van der Waals surface area contributed by atoms with Gasteiger partial charge >= 0.3 is 0 Å². The highest BCUT2D eigenvalue weighted by atomic mass is 16.5. The van der Waals surface area contributed by atoms with Crippen LogP contribution in [0.25, 0.3) is 0 Å². The van der Waals surface area contributed by atoms with E-state index in [4.69, 9.17) is 15.9 Å².